The molecule has 0 rings (SSSR count). The van der Waals surface area contributed by atoms with Gasteiger partial charge in [0.2, 0.25) is 0 Å². The van der Waals surface area contributed by atoms with Crippen molar-refractivity contribution in [3.63, 3.8) is 0 Å². The maximum absolute atomic E-state index is 12.7. The minimum atomic E-state index is -2.78. The van der Waals surface area contributed by atoms with Crippen molar-refractivity contribution in [1.29, 1.82) is 0 Å². The van der Waals surface area contributed by atoms with E-state index in [0.29, 0.717) is 0 Å². The standard InChI is InChI=1S/C6H9FO7/c7-1(3(9)5(11)12)2(8)4(10)6(13)14/h1-4,8-10H,(H,11,12)(H,13,14)/t1-,2-,3-,4+/m0/s1. The Bertz CT molecular complexity index is 206. The molecule has 0 saturated heterocycles. The first-order valence-electron chi connectivity index (χ1n) is 3.43. The summed E-state index contributed by atoms with van der Waals surface area (Å²) in [5.41, 5.74) is 0. The predicted octanol–water partition coefficient (Wildman–Crippen LogP) is -2.42. The number of aliphatic hydroxyl groups excluding tert-OH is 3. The molecule has 0 aliphatic carbocycles. The van der Waals surface area contributed by atoms with Gasteiger partial charge in [0.1, 0.15) is 6.10 Å². The van der Waals surface area contributed by atoms with Crippen molar-refractivity contribution in [2.24, 2.45) is 0 Å². The normalized spacial score (nSPS) is 19.4. The van der Waals surface area contributed by atoms with Crippen LogP contribution in [-0.4, -0.2) is 62.0 Å². The van der Waals surface area contributed by atoms with Crippen LogP contribution in [0.1, 0.15) is 0 Å². The van der Waals surface area contributed by atoms with Gasteiger partial charge in [0.25, 0.3) is 0 Å². The van der Waals surface area contributed by atoms with Crippen molar-refractivity contribution in [2.45, 2.75) is 24.5 Å². The second-order valence-electron chi connectivity index (χ2n) is 2.50. The average molecular weight is 212 g/mol. The molecular formula is C6H9FO7. The van der Waals surface area contributed by atoms with Crippen molar-refractivity contribution < 1.29 is 39.5 Å². The molecular weight excluding hydrogens is 203 g/mol. The second-order valence-corrected chi connectivity index (χ2v) is 2.50. The van der Waals surface area contributed by atoms with Gasteiger partial charge in [-0.1, -0.05) is 0 Å². The van der Waals surface area contributed by atoms with Gasteiger partial charge >= 0.3 is 11.9 Å². The van der Waals surface area contributed by atoms with Crippen molar-refractivity contribution in [3.05, 3.63) is 0 Å². The van der Waals surface area contributed by atoms with Crippen LogP contribution < -0.4 is 0 Å². The molecule has 4 atom stereocenters. The highest BCUT2D eigenvalue weighted by Gasteiger charge is 2.38. The van der Waals surface area contributed by atoms with E-state index in [1.165, 1.54) is 0 Å². The Hall–Kier alpha value is -1.25. The van der Waals surface area contributed by atoms with Crippen LogP contribution >= 0.6 is 0 Å². The fourth-order valence-electron chi connectivity index (χ4n) is 0.643. The molecule has 82 valence electrons. The molecule has 0 fully saturated rings. The van der Waals surface area contributed by atoms with Crippen LogP contribution in [0.4, 0.5) is 4.39 Å². The molecule has 0 saturated carbocycles. The predicted molar refractivity (Wildman–Crippen MR) is 38.2 cm³/mol. The smallest absolute Gasteiger partial charge is 0.335 e. The highest BCUT2D eigenvalue weighted by atomic mass is 19.1. The number of carbonyl (C=O) groups is 2. The Labute approximate surface area is 77.0 Å². The third-order valence-electron chi connectivity index (χ3n) is 1.46. The number of hydrogen-bond donors (Lipinski definition) is 5. The van der Waals surface area contributed by atoms with Crippen LogP contribution in [0, 0.1) is 0 Å². The molecule has 8 heteroatoms. The van der Waals surface area contributed by atoms with E-state index in [4.69, 9.17) is 25.5 Å². The van der Waals surface area contributed by atoms with E-state index >= 15 is 0 Å². The molecule has 7 nitrogen and oxygen atoms in total. The van der Waals surface area contributed by atoms with Crippen LogP contribution in [0.15, 0.2) is 0 Å². The summed E-state index contributed by atoms with van der Waals surface area (Å²) in [6, 6.07) is 0. The average Bonchev–Trinajstić information content (AvgIpc) is 2.12. The number of hydrogen-bond acceptors (Lipinski definition) is 5. The summed E-state index contributed by atoms with van der Waals surface area (Å²) in [6.45, 7) is 0. The van der Waals surface area contributed by atoms with Crippen molar-refractivity contribution in [2.75, 3.05) is 0 Å². The number of aliphatic carboxylic acids is 2. The molecule has 0 bridgehead atoms. The zero-order chi connectivity index (χ0) is 11.5. The molecule has 0 amide bonds. The zero-order valence-corrected chi connectivity index (χ0v) is 6.74. The summed E-state index contributed by atoms with van der Waals surface area (Å²) in [5.74, 6) is -3.88. The number of alkyl halides is 1. The fourth-order valence-corrected chi connectivity index (χ4v) is 0.643. The Morgan fingerprint density at radius 2 is 1.29 bits per heavy atom. The Balaban J connectivity index is 4.45. The molecule has 0 aromatic heterocycles. The number of carboxylic acid groups (broad SMARTS) is 2. The summed E-state index contributed by atoms with van der Waals surface area (Å²) in [5, 5.41) is 42.1. The van der Waals surface area contributed by atoms with Gasteiger partial charge in [-0.2, -0.15) is 0 Å². The summed E-state index contributed by atoms with van der Waals surface area (Å²) >= 11 is 0. The van der Waals surface area contributed by atoms with Gasteiger partial charge in [0.15, 0.2) is 18.4 Å². The molecule has 5 N–H and O–H groups in total. The summed E-state index contributed by atoms with van der Waals surface area (Å²) in [6.07, 6.45) is -10.4. The zero-order valence-electron chi connectivity index (χ0n) is 6.74. The van der Waals surface area contributed by atoms with Crippen LogP contribution in [-0.2, 0) is 9.59 Å². The van der Waals surface area contributed by atoms with E-state index in [1.807, 2.05) is 0 Å². The maximum atomic E-state index is 12.7. The summed E-state index contributed by atoms with van der Waals surface area (Å²) < 4.78 is 12.7. The highest BCUT2D eigenvalue weighted by Crippen LogP contribution is 2.09. The first-order chi connectivity index (χ1) is 6.29. The van der Waals surface area contributed by atoms with Crippen LogP contribution in [0.3, 0.4) is 0 Å². The van der Waals surface area contributed by atoms with Crippen LogP contribution in [0.2, 0.25) is 0 Å². The molecule has 0 unspecified atom stereocenters. The molecule has 0 aromatic carbocycles. The van der Waals surface area contributed by atoms with E-state index in [1.54, 1.807) is 0 Å². The van der Waals surface area contributed by atoms with Gasteiger partial charge in [0, 0.05) is 0 Å². The van der Waals surface area contributed by atoms with Gasteiger partial charge in [-0.05, 0) is 0 Å². The van der Waals surface area contributed by atoms with E-state index in [9.17, 15) is 14.0 Å². The highest BCUT2D eigenvalue weighted by molar-refractivity contribution is 5.75. The lowest BCUT2D eigenvalue weighted by molar-refractivity contribution is -0.166. The van der Waals surface area contributed by atoms with Gasteiger partial charge < -0.3 is 25.5 Å². The quantitative estimate of drug-likeness (QED) is 0.342. The molecule has 0 aliphatic heterocycles. The first-order valence-corrected chi connectivity index (χ1v) is 3.43. The summed E-state index contributed by atoms with van der Waals surface area (Å²) in [7, 11) is 0. The van der Waals surface area contributed by atoms with E-state index in [0.717, 1.165) is 0 Å². The van der Waals surface area contributed by atoms with E-state index in [2.05, 4.69) is 0 Å². The third-order valence-corrected chi connectivity index (χ3v) is 1.46. The topological polar surface area (TPSA) is 135 Å². The fraction of sp³-hybridized carbons (Fsp3) is 0.667. The van der Waals surface area contributed by atoms with Crippen LogP contribution in [0.5, 0.6) is 0 Å². The first kappa shape index (κ1) is 12.8. The number of rotatable bonds is 5. The van der Waals surface area contributed by atoms with Gasteiger partial charge in [-0.25, -0.2) is 14.0 Å². The number of carboxylic acids is 2. The molecule has 0 aliphatic rings. The third kappa shape index (κ3) is 2.91. The second kappa shape index (κ2) is 4.84. The lowest BCUT2D eigenvalue weighted by Crippen LogP contribution is -2.47. The number of aliphatic hydroxyl groups is 3. The van der Waals surface area contributed by atoms with Crippen LogP contribution in [0.25, 0.3) is 0 Å². The lowest BCUT2D eigenvalue weighted by atomic mass is 10.0. The van der Waals surface area contributed by atoms with Crippen molar-refractivity contribution in [3.8, 4) is 0 Å². The Morgan fingerprint density at radius 3 is 1.57 bits per heavy atom. The van der Waals surface area contributed by atoms with Gasteiger partial charge in [0.05, 0.1) is 0 Å². The summed E-state index contributed by atoms with van der Waals surface area (Å²) in [4.78, 5) is 20.0. The molecule has 0 aromatic rings. The molecule has 0 radical (unpaired) electrons. The van der Waals surface area contributed by atoms with Crippen molar-refractivity contribution >= 4 is 11.9 Å². The monoisotopic (exact) mass is 212 g/mol. The molecule has 14 heavy (non-hydrogen) atoms. The van der Waals surface area contributed by atoms with E-state index < -0.39 is 36.4 Å². The molecule has 0 heterocycles. The SMILES string of the molecule is O=C(O)[C@@H](O)[C@@H](F)[C@H](O)[C@@H](O)C(=O)O. The minimum Gasteiger partial charge on any atom is -0.479 e. The van der Waals surface area contributed by atoms with Crippen molar-refractivity contribution in [1.82, 2.24) is 0 Å². The Kier molecular flexibility index (Phi) is 4.41. The molecule has 0 spiro atoms. The van der Waals surface area contributed by atoms with Gasteiger partial charge in [-0.3, -0.25) is 0 Å². The maximum Gasteiger partial charge on any atom is 0.335 e. The minimum absolute atomic E-state index is 1.92. The lowest BCUT2D eigenvalue weighted by Gasteiger charge is -2.19. The Morgan fingerprint density at radius 1 is 0.929 bits per heavy atom. The number of halogens is 1. The largest absolute Gasteiger partial charge is 0.479 e. The van der Waals surface area contributed by atoms with Gasteiger partial charge in [-0.15, -0.1) is 0 Å². The van der Waals surface area contributed by atoms with E-state index in [-0.39, 0.29) is 0 Å².